The number of amides is 2. The quantitative estimate of drug-likeness (QED) is 0.789. The van der Waals surface area contributed by atoms with E-state index in [0.717, 1.165) is 0 Å². The summed E-state index contributed by atoms with van der Waals surface area (Å²) in [7, 11) is 1.57. The Morgan fingerprint density at radius 3 is 2.83 bits per heavy atom. The van der Waals surface area contributed by atoms with Gasteiger partial charge in [-0.05, 0) is 18.2 Å². The fourth-order valence-corrected chi connectivity index (χ4v) is 1.99. The van der Waals surface area contributed by atoms with E-state index >= 15 is 0 Å². The molecule has 0 saturated carbocycles. The molecule has 0 atom stereocenters. The molecule has 1 aromatic rings. The number of hydrogen-bond donors (Lipinski definition) is 1. The first-order valence-electron chi connectivity index (χ1n) is 5.61. The molecule has 0 unspecified atom stereocenters. The van der Waals surface area contributed by atoms with Crippen molar-refractivity contribution in [3.63, 3.8) is 0 Å². The van der Waals surface area contributed by atoms with Gasteiger partial charge in [-0.15, -0.1) is 0 Å². The van der Waals surface area contributed by atoms with Gasteiger partial charge in [-0.1, -0.05) is 0 Å². The Morgan fingerprint density at radius 1 is 1.44 bits per heavy atom. The number of nitrogens with two attached hydrogens (primary N) is 1. The third kappa shape index (κ3) is 2.06. The molecule has 1 heterocycles. The Balaban J connectivity index is 2.54. The van der Waals surface area contributed by atoms with Crippen molar-refractivity contribution in [1.82, 2.24) is 0 Å². The zero-order chi connectivity index (χ0) is 13.3. The molecule has 5 nitrogen and oxygen atoms in total. The van der Waals surface area contributed by atoms with E-state index in [1.54, 1.807) is 7.05 Å². The number of carbonyl (C=O) groups is 2. The van der Waals surface area contributed by atoms with Crippen LogP contribution in [0.5, 0.6) is 0 Å². The Labute approximate surface area is 104 Å². The van der Waals surface area contributed by atoms with Crippen LogP contribution in [-0.4, -0.2) is 32.0 Å². The lowest BCUT2D eigenvalue weighted by Gasteiger charge is -2.23. The minimum atomic E-state index is -0.449. The van der Waals surface area contributed by atoms with E-state index in [9.17, 15) is 14.0 Å². The van der Waals surface area contributed by atoms with Crippen LogP contribution in [0.3, 0.4) is 0 Å². The molecule has 1 aromatic carbocycles. The number of carbonyl (C=O) groups excluding carboxylic acids is 2. The van der Waals surface area contributed by atoms with Gasteiger partial charge in [0, 0.05) is 20.0 Å². The molecule has 0 radical (unpaired) electrons. The molecule has 1 aliphatic rings. The number of nitrogens with zero attached hydrogens (tertiary/aromatic N) is 2. The number of benzene rings is 1. The van der Waals surface area contributed by atoms with E-state index in [-0.39, 0.29) is 31.3 Å². The highest BCUT2D eigenvalue weighted by molar-refractivity contribution is 6.05. The summed E-state index contributed by atoms with van der Waals surface area (Å²) in [6.45, 7) is 0.118. The summed E-state index contributed by atoms with van der Waals surface area (Å²) in [6.07, 6.45) is 0.193. The number of anilines is 2. The van der Waals surface area contributed by atoms with Gasteiger partial charge < -0.3 is 15.5 Å². The molecule has 1 aliphatic heterocycles. The first kappa shape index (κ1) is 12.5. The summed E-state index contributed by atoms with van der Waals surface area (Å²) >= 11 is 0. The predicted octanol–water partition coefficient (Wildman–Crippen LogP) is 0.484. The van der Waals surface area contributed by atoms with E-state index < -0.39 is 5.82 Å². The average molecular weight is 251 g/mol. The van der Waals surface area contributed by atoms with Crippen molar-refractivity contribution >= 4 is 23.2 Å². The van der Waals surface area contributed by atoms with Crippen LogP contribution in [0.4, 0.5) is 15.8 Å². The molecular formula is C12H14FN3O2. The third-order valence-electron chi connectivity index (χ3n) is 2.99. The van der Waals surface area contributed by atoms with Crippen LogP contribution in [-0.2, 0) is 9.59 Å². The lowest BCUT2D eigenvalue weighted by Crippen LogP contribution is -2.36. The predicted molar refractivity (Wildman–Crippen MR) is 65.8 cm³/mol. The zero-order valence-electron chi connectivity index (χ0n) is 10.0. The minimum Gasteiger partial charge on any atom is -0.322 e. The molecule has 2 N–H and O–H groups in total. The van der Waals surface area contributed by atoms with Crippen molar-refractivity contribution in [2.45, 2.75) is 6.42 Å². The standard InChI is InChI=1S/C12H14FN3O2/c1-15-10-6-8(13)2-3-9(10)16(12(18)7-14)5-4-11(15)17/h2-3,6H,4-5,7,14H2,1H3. The smallest absolute Gasteiger partial charge is 0.240 e. The first-order chi connectivity index (χ1) is 8.54. The normalized spacial score (nSPS) is 15.4. The van der Waals surface area contributed by atoms with Crippen LogP contribution in [0.25, 0.3) is 0 Å². The fraction of sp³-hybridized carbons (Fsp3) is 0.333. The summed E-state index contributed by atoms with van der Waals surface area (Å²) in [4.78, 5) is 26.3. The van der Waals surface area contributed by atoms with Crippen LogP contribution in [0.2, 0.25) is 0 Å². The van der Waals surface area contributed by atoms with Crippen molar-refractivity contribution in [1.29, 1.82) is 0 Å². The van der Waals surface area contributed by atoms with Gasteiger partial charge >= 0.3 is 0 Å². The Hall–Kier alpha value is -1.95. The van der Waals surface area contributed by atoms with Gasteiger partial charge in [-0.3, -0.25) is 9.59 Å². The maximum absolute atomic E-state index is 13.3. The molecule has 0 aliphatic carbocycles. The Kier molecular flexibility index (Phi) is 3.29. The van der Waals surface area contributed by atoms with E-state index in [1.165, 1.54) is 28.0 Å². The second-order valence-electron chi connectivity index (χ2n) is 4.09. The van der Waals surface area contributed by atoms with Crippen LogP contribution in [0.1, 0.15) is 6.42 Å². The number of fused-ring (bicyclic) bond motifs is 1. The molecule has 6 heteroatoms. The van der Waals surface area contributed by atoms with Crippen molar-refractivity contribution in [2.75, 3.05) is 29.9 Å². The lowest BCUT2D eigenvalue weighted by atomic mass is 10.2. The van der Waals surface area contributed by atoms with Crippen LogP contribution in [0.15, 0.2) is 18.2 Å². The van der Waals surface area contributed by atoms with Crippen molar-refractivity contribution in [3.05, 3.63) is 24.0 Å². The second kappa shape index (κ2) is 4.73. The summed E-state index contributed by atoms with van der Waals surface area (Å²) in [5.74, 6) is -0.893. The average Bonchev–Trinajstić information content (AvgIpc) is 2.49. The number of halogens is 1. The maximum Gasteiger partial charge on any atom is 0.240 e. The topological polar surface area (TPSA) is 66.6 Å². The van der Waals surface area contributed by atoms with Gasteiger partial charge in [-0.2, -0.15) is 0 Å². The monoisotopic (exact) mass is 251 g/mol. The van der Waals surface area contributed by atoms with Gasteiger partial charge in [0.1, 0.15) is 5.82 Å². The lowest BCUT2D eigenvalue weighted by molar-refractivity contribution is -0.118. The van der Waals surface area contributed by atoms with Crippen molar-refractivity contribution in [3.8, 4) is 0 Å². The number of rotatable bonds is 1. The maximum atomic E-state index is 13.3. The third-order valence-corrected chi connectivity index (χ3v) is 2.99. The summed E-state index contributed by atoms with van der Waals surface area (Å²) in [5, 5.41) is 0. The molecule has 96 valence electrons. The minimum absolute atomic E-state index is 0.144. The molecule has 0 spiro atoms. The molecule has 0 saturated heterocycles. The highest BCUT2D eigenvalue weighted by Crippen LogP contribution is 2.32. The molecule has 2 rings (SSSR count). The van der Waals surface area contributed by atoms with E-state index in [2.05, 4.69) is 0 Å². The highest BCUT2D eigenvalue weighted by atomic mass is 19.1. The van der Waals surface area contributed by atoms with E-state index in [1.807, 2.05) is 0 Å². The van der Waals surface area contributed by atoms with E-state index in [0.29, 0.717) is 11.4 Å². The molecule has 18 heavy (non-hydrogen) atoms. The molecule has 0 bridgehead atoms. The van der Waals surface area contributed by atoms with Crippen LogP contribution >= 0.6 is 0 Å². The van der Waals surface area contributed by atoms with Gasteiger partial charge in [-0.25, -0.2) is 4.39 Å². The zero-order valence-corrected chi connectivity index (χ0v) is 10.0. The SMILES string of the molecule is CN1C(=O)CCN(C(=O)CN)c2ccc(F)cc21. The van der Waals surface area contributed by atoms with Crippen molar-refractivity contribution in [2.24, 2.45) is 5.73 Å². The molecule has 0 fully saturated rings. The Bertz CT molecular complexity index is 504. The van der Waals surface area contributed by atoms with Gasteiger partial charge in [0.05, 0.1) is 17.9 Å². The van der Waals surface area contributed by atoms with Crippen LogP contribution in [0, 0.1) is 5.82 Å². The largest absolute Gasteiger partial charge is 0.322 e. The first-order valence-corrected chi connectivity index (χ1v) is 5.61. The summed E-state index contributed by atoms with van der Waals surface area (Å²) in [5.41, 5.74) is 6.25. The molecule has 2 amide bonds. The van der Waals surface area contributed by atoms with Gasteiger partial charge in [0.2, 0.25) is 11.8 Å². The van der Waals surface area contributed by atoms with E-state index in [4.69, 9.17) is 5.73 Å². The van der Waals surface area contributed by atoms with Gasteiger partial charge in [0.15, 0.2) is 0 Å². The fourth-order valence-electron chi connectivity index (χ4n) is 1.99. The van der Waals surface area contributed by atoms with Gasteiger partial charge in [0.25, 0.3) is 0 Å². The molecular weight excluding hydrogens is 237 g/mol. The Morgan fingerprint density at radius 2 is 2.17 bits per heavy atom. The second-order valence-corrected chi connectivity index (χ2v) is 4.09. The number of hydrogen-bond acceptors (Lipinski definition) is 3. The summed E-state index contributed by atoms with van der Waals surface area (Å²) in [6, 6.07) is 4.00. The van der Waals surface area contributed by atoms with Crippen molar-refractivity contribution < 1.29 is 14.0 Å². The van der Waals surface area contributed by atoms with Crippen LogP contribution < -0.4 is 15.5 Å². The molecule has 0 aromatic heterocycles. The summed E-state index contributed by atoms with van der Waals surface area (Å²) < 4.78 is 13.3. The highest BCUT2D eigenvalue weighted by Gasteiger charge is 2.26.